The van der Waals surface area contributed by atoms with Crippen LogP contribution in [0.25, 0.3) is 221 Å². The summed E-state index contributed by atoms with van der Waals surface area (Å²) >= 11 is 0. The van der Waals surface area contributed by atoms with Gasteiger partial charge in [-0.05, 0) is 163 Å². The van der Waals surface area contributed by atoms with Crippen LogP contribution in [0.1, 0.15) is 0 Å². The average molecular weight is 1480 g/mol. The molecule has 0 unspecified atom stereocenters. The minimum absolute atomic E-state index is 0.652. The zero-order chi connectivity index (χ0) is 76.3. The quantitative estimate of drug-likeness (QED) is 0.137. The molecule has 18 aromatic carbocycles. The van der Waals surface area contributed by atoms with Gasteiger partial charge in [0.2, 0.25) is 11.9 Å². The van der Waals surface area contributed by atoms with E-state index in [4.69, 9.17) is 19.9 Å². The molecule has 0 atom stereocenters. The van der Waals surface area contributed by atoms with Crippen LogP contribution < -0.4 is 0 Å². The maximum Gasteiger partial charge on any atom is 0.235 e. The van der Waals surface area contributed by atoms with Crippen LogP contribution in [0.2, 0.25) is 0 Å². The molecular formula is C108H68N8. The zero-order valence-corrected chi connectivity index (χ0v) is 62.8. The summed E-state index contributed by atoms with van der Waals surface area (Å²) in [6.07, 6.45) is 0. The number of aromatic nitrogens is 8. The molecule has 6 aromatic heterocycles. The number of nitrogens with zero attached hydrogens (tertiary/aromatic N) is 8. The van der Waals surface area contributed by atoms with Crippen molar-refractivity contribution in [2.75, 3.05) is 0 Å². The second-order valence-electron chi connectivity index (χ2n) is 30.0. The lowest BCUT2D eigenvalue weighted by Gasteiger charge is -2.12. The molecule has 8 heteroatoms. The van der Waals surface area contributed by atoms with Gasteiger partial charge in [0.1, 0.15) is 0 Å². The Hall–Kier alpha value is -15.6. The number of hydrogen-bond acceptors (Lipinski definition) is 4. The van der Waals surface area contributed by atoms with Crippen LogP contribution in [0.4, 0.5) is 0 Å². The fourth-order valence-electron chi connectivity index (χ4n) is 18.0. The van der Waals surface area contributed by atoms with Crippen molar-refractivity contribution >= 4 is 131 Å². The van der Waals surface area contributed by atoms with Crippen molar-refractivity contribution in [2.24, 2.45) is 0 Å². The molecule has 0 aliphatic rings. The van der Waals surface area contributed by atoms with Crippen LogP contribution in [-0.4, -0.2) is 38.2 Å². The van der Waals surface area contributed by atoms with Crippen molar-refractivity contribution in [3.63, 3.8) is 0 Å². The smallest absolute Gasteiger partial charge is 0.235 e. The lowest BCUT2D eigenvalue weighted by molar-refractivity contribution is 1.01. The molecule has 0 aliphatic carbocycles. The fraction of sp³-hybridized carbons (Fsp3) is 0. The van der Waals surface area contributed by atoms with Gasteiger partial charge >= 0.3 is 0 Å². The van der Waals surface area contributed by atoms with Crippen molar-refractivity contribution in [1.29, 1.82) is 0 Å². The van der Waals surface area contributed by atoms with E-state index in [2.05, 4.69) is 431 Å². The molecule has 0 amide bonds. The fourth-order valence-corrected chi connectivity index (χ4v) is 18.0. The molecule has 0 bridgehead atoms. The Labute approximate surface area is 667 Å². The van der Waals surface area contributed by atoms with Crippen molar-refractivity contribution in [1.82, 2.24) is 38.2 Å². The van der Waals surface area contributed by atoms with Crippen LogP contribution >= 0.6 is 0 Å². The van der Waals surface area contributed by atoms with Gasteiger partial charge in [-0.15, -0.1) is 0 Å². The molecule has 116 heavy (non-hydrogen) atoms. The molecule has 0 saturated heterocycles. The van der Waals surface area contributed by atoms with Crippen LogP contribution in [0.5, 0.6) is 0 Å². The Morgan fingerprint density at radius 3 is 0.802 bits per heavy atom. The van der Waals surface area contributed by atoms with Gasteiger partial charge in [0.05, 0.1) is 66.6 Å². The molecule has 24 aromatic rings. The molecule has 540 valence electrons. The highest BCUT2D eigenvalue weighted by Gasteiger charge is 2.24. The minimum Gasteiger partial charge on any atom is -0.309 e. The third kappa shape index (κ3) is 10.9. The maximum atomic E-state index is 5.40. The van der Waals surface area contributed by atoms with E-state index in [9.17, 15) is 0 Å². The van der Waals surface area contributed by atoms with E-state index in [1.165, 1.54) is 109 Å². The van der Waals surface area contributed by atoms with Gasteiger partial charge in [0.25, 0.3) is 0 Å². The van der Waals surface area contributed by atoms with Gasteiger partial charge in [-0.3, -0.25) is 9.13 Å². The van der Waals surface area contributed by atoms with Gasteiger partial charge < -0.3 is 9.13 Å². The monoisotopic (exact) mass is 1480 g/mol. The summed E-state index contributed by atoms with van der Waals surface area (Å²) in [4.78, 5) is 21.3. The molecule has 8 nitrogen and oxygen atoms in total. The lowest BCUT2D eigenvalue weighted by atomic mass is 10.00. The highest BCUT2D eigenvalue weighted by atomic mass is 15.2. The topological polar surface area (TPSA) is 71.3 Å². The third-order valence-electron chi connectivity index (χ3n) is 23.5. The number of para-hydroxylation sites is 6. The summed E-state index contributed by atoms with van der Waals surface area (Å²) in [5.74, 6) is 1.30. The Kier molecular flexibility index (Phi) is 15.5. The van der Waals surface area contributed by atoms with Gasteiger partial charge in [-0.1, -0.05) is 315 Å². The number of fused-ring (bicyclic) bond motifs is 18. The van der Waals surface area contributed by atoms with E-state index in [0.29, 0.717) is 11.9 Å². The van der Waals surface area contributed by atoms with E-state index >= 15 is 0 Å². The maximum absolute atomic E-state index is 5.40. The lowest BCUT2D eigenvalue weighted by Crippen LogP contribution is -2.03. The number of hydrogen-bond donors (Lipinski definition) is 0. The van der Waals surface area contributed by atoms with Crippen LogP contribution in [-0.2, 0) is 0 Å². The van der Waals surface area contributed by atoms with Gasteiger partial charge in [-0.25, -0.2) is 19.9 Å². The van der Waals surface area contributed by atoms with Gasteiger partial charge in [0.15, 0.2) is 0 Å². The van der Waals surface area contributed by atoms with Gasteiger partial charge in [0, 0.05) is 76.4 Å². The third-order valence-corrected chi connectivity index (χ3v) is 23.5. The van der Waals surface area contributed by atoms with Crippen molar-refractivity contribution in [3.8, 4) is 90.3 Å². The molecule has 0 spiro atoms. The van der Waals surface area contributed by atoms with E-state index in [1.807, 2.05) is 0 Å². The second kappa shape index (κ2) is 27.1. The molecule has 0 saturated carbocycles. The van der Waals surface area contributed by atoms with E-state index in [0.717, 1.165) is 100 Å². The molecule has 24 rings (SSSR count). The number of benzene rings is 18. The van der Waals surface area contributed by atoms with E-state index in [-0.39, 0.29) is 0 Å². The minimum atomic E-state index is 0.652. The van der Waals surface area contributed by atoms with Gasteiger partial charge in [-0.2, -0.15) is 0 Å². The van der Waals surface area contributed by atoms with Crippen LogP contribution in [0, 0.1) is 0 Å². The van der Waals surface area contributed by atoms with E-state index in [1.54, 1.807) is 0 Å². The van der Waals surface area contributed by atoms with Crippen molar-refractivity contribution in [2.45, 2.75) is 0 Å². The Bertz CT molecular complexity index is 7450. The summed E-state index contributed by atoms with van der Waals surface area (Å²) in [5.41, 5.74) is 26.5. The zero-order valence-electron chi connectivity index (χ0n) is 62.8. The predicted octanol–water partition coefficient (Wildman–Crippen LogP) is 28.0. The highest BCUT2D eigenvalue weighted by molar-refractivity contribution is 6.24. The first-order valence-corrected chi connectivity index (χ1v) is 39.5. The van der Waals surface area contributed by atoms with Crippen molar-refractivity contribution in [3.05, 3.63) is 413 Å². The van der Waals surface area contributed by atoms with E-state index < -0.39 is 0 Å². The summed E-state index contributed by atoms with van der Waals surface area (Å²) in [6.45, 7) is 0. The Balaban J connectivity index is 0.000000137. The summed E-state index contributed by atoms with van der Waals surface area (Å²) in [6, 6.07) is 148. The predicted molar refractivity (Wildman–Crippen MR) is 484 cm³/mol. The standard InChI is InChI=1S/2C54H34N4/c2*1-2-12-35(13-3-1)36-22-24-39(25-23-36)53-45-18-6-9-19-47(45)55-54(56-53)58-50-32-29-40(34-46(50)52-42-15-5-4-14-38(42)28-33-51(52)58)37-26-30-41(31-27-37)57-48-20-10-7-16-43(48)44-17-8-11-21-49(44)57/h2*1-34H. The molecular weight excluding hydrogens is 1410 g/mol. The normalized spacial score (nSPS) is 11.8. The Morgan fingerprint density at radius 2 is 0.422 bits per heavy atom. The molecule has 6 heterocycles. The SMILES string of the molecule is c1ccc(-c2ccc(-c3nc(-n4c5ccc(-c6ccc(-n7c8ccccc8c8ccccc87)cc6)cc5c5c6ccccc6ccc54)nc4ccccc34)cc2)cc1.c1ccc(-c2ccc(-c3nc(-n4c5ccc(-c6ccc(-n7c8ccccc8c8ccccc87)cc6)cc5c5c6ccccc6ccc54)nc4ccccc34)cc2)cc1. The van der Waals surface area contributed by atoms with Crippen molar-refractivity contribution < 1.29 is 0 Å². The molecule has 0 fully saturated rings. The molecule has 0 aliphatic heterocycles. The summed E-state index contributed by atoms with van der Waals surface area (Å²) < 4.78 is 9.24. The first kappa shape index (κ1) is 66.2. The average Bonchev–Trinajstić information content (AvgIpc) is 1.57. The van der Waals surface area contributed by atoms with Crippen LogP contribution in [0.3, 0.4) is 0 Å². The summed E-state index contributed by atoms with van der Waals surface area (Å²) in [7, 11) is 0. The Morgan fingerprint density at radius 1 is 0.155 bits per heavy atom. The second-order valence-corrected chi connectivity index (χ2v) is 30.0. The first-order chi connectivity index (χ1) is 57.5. The highest BCUT2D eigenvalue weighted by Crippen LogP contribution is 2.44. The largest absolute Gasteiger partial charge is 0.309 e. The summed E-state index contributed by atoms with van der Waals surface area (Å²) in [5, 5.41) is 16.7. The molecule has 0 N–H and O–H groups in total. The first-order valence-electron chi connectivity index (χ1n) is 39.5. The molecule has 0 radical (unpaired) electrons. The van der Waals surface area contributed by atoms with Crippen LogP contribution in [0.15, 0.2) is 413 Å². The number of rotatable bonds is 10.